The first kappa shape index (κ1) is 15.7. The van der Waals surface area contributed by atoms with Crippen LogP contribution in [0, 0.1) is 0 Å². The van der Waals surface area contributed by atoms with Gasteiger partial charge in [-0.25, -0.2) is 0 Å². The van der Waals surface area contributed by atoms with E-state index >= 15 is 0 Å². The fourth-order valence-electron chi connectivity index (χ4n) is 0. The van der Waals surface area contributed by atoms with E-state index in [1.807, 2.05) is 0 Å². The smallest absolute Gasteiger partial charge is 0.415 e. The Morgan fingerprint density at radius 2 is 1.67 bits per heavy atom. The molecule has 0 aliphatic heterocycles. The first-order valence-electron chi connectivity index (χ1n) is 0.697. The summed E-state index contributed by atoms with van der Waals surface area (Å²) in [5.74, 6) is 0. The molecular formula is C2H6NNaS2. The standard InChI is InChI=1S/CH3NS2.CH4.Na/c2-1(3)4;;/h(H3,2,3,4);1H4;/q;;+1/p-1. The van der Waals surface area contributed by atoms with Gasteiger partial charge < -0.3 is 30.6 Å². The second-order valence-electron chi connectivity index (χ2n) is 0.319. The van der Waals surface area contributed by atoms with E-state index in [0.717, 1.165) is 0 Å². The van der Waals surface area contributed by atoms with Gasteiger partial charge in [0, 0.05) is 0 Å². The molecule has 0 amide bonds. The Bertz CT molecular complexity index is 34.5. The average Bonchev–Trinajstić information content (AvgIpc) is 0.811. The van der Waals surface area contributed by atoms with E-state index in [0.29, 0.717) is 0 Å². The van der Waals surface area contributed by atoms with Crippen LogP contribution in [0.4, 0.5) is 0 Å². The number of rotatable bonds is 0. The minimum absolute atomic E-state index is 0. The maximum Gasteiger partial charge on any atom is 1.00 e. The van der Waals surface area contributed by atoms with Crippen LogP contribution in [-0.4, -0.2) is 4.32 Å². The van der Waals surface area contributed by atoms with Gasteiger partial charge >= 0.3 is 29.6 Å². The summed E-state index contributed by atoms with van der Waals surface area (Å²) in [7, 11) is 0. The van der Waals surface area contributed by atoms with E-state index in [9.17, 15) is 0 Å². The van der Waals surface area contributed by atoms with Crippen LogP contribution in [-0.2, 0) is 12.6 Å². The molecule has 0 aromatic carbocycles. The molecule has 0 saturated carbocycles. The molecule has 0 aromatic rings. The number of hydrogen-bond donors (Lipinski definition) is 1. The van der Waals surface area contributed by atoms with Crippen LogP contribution in [0.25, 0.3) is 0 Å². The Labute approximate surface area is 71.4 Å². The van der Waals surface area contributed by atoms with Crippen LogP contribution < -0.4 is 35.3 Å². The monoisotopic (exact) mass is 131 g/mol. The molecule has 0 spiro atoms. The number of hydrogen-bond acceptors (Lipinski definition) is 2. The second kappa shape index (κ2) is 9.44. The van der Waals surface area contributed by atoms with Gasteiger partial charge in [0.25, 0.3) is 0 Å². The molecule has 1 nitrogen and oxygen atoms in total. The summed E-state index contributed by atoms with van der Waals surface area (Å²) in [5.41, 5.74) is 4.66. The van der Waals surface area contributed by atoms with Gasteiger partial charge in [-0.2, -0.15) is 0 Å². The summed E-state index contributed by atoms with van der Waals surface area (Å²) in [4.78, 5) is 0. The van der Waals surface area contributed by atoms with Crippen molar-refractivity contribution in [1.82, 2.24) is 0 Å². The van der Waals surface area contributed by atoms with Crippen molar-refractivity contribution in [3.8, 4) is 0 Å². The maximum absolute atomic E-state index is 4.66. The fourth-order valence-corrected chi connectivity index (χ4v) is 0. The summed E-state index contributed by atoms with van der Waals surface area (Å²) < 4.78 is 0.0833. The SMILES string of the molecule is C.NC(=S)[S-].[Na+]. The molecule has 0 unspecified atom stereocenters. The van der Waals surface area contributed by atoms with Gasteiger partial charge in [-0.05, 0) is 0 Å². The van der Waals surface area contributed by atoms with Gasteiger partial charge in [0.15, 0.2) is 0 Å². The van der Waals surface area contributed by atoms with E-state index in [2.05, 4.69) is 30.6 Å². The van der Waals surface area contributed by atoms with Crippen LogP contribution in [0.5, 0.6) is 0 Å². The topological polar surface area (TPSA) is 26.0 Å². The minimum Gasteiger partial charge on any atom is -0.415 e. The quantitative estimate of drug-likeness (QED) is 0.222. The van der Waals surface area contributed by atoms with Gasteiger partial charge in [-0.15, -0.1) is 0 Å². The third-order valence-corrected chi connectivity index (χ3v) is 0. The summed E-state index contributed by atoms with van der Waals surface area (Å²) in [6.07, 6.45) is 0. The average molecular weight is 131 g/mol. The van der Waals surface area contributed by atoms with Crippen LogP contribution >= 0.6 is 12.2 Å². The Morgan fingerprint density at radius 3 is 1.67 bits per heavy atom. The molecule has 0 aliphatic rings. The van der Waals surface area contributed by atoms with Crippen molar-refractivity contribution < 1.29 is 29.6 Å². The predicted octanol–water partition coefficient (Wildman–Crippen LogP) is -2.58. The van der Waals surface area contributed by atoms with Crippen molar-refractivity contribution in [3.63, 3.8) is 0 Å². The summed E-state index contributed by atoms with van der Waals surface area (Å²) in [6, 6.07) is 0. The largest absolute Gasteiger partial charge is 1.00 e. The van der Waals surface area contributed by atoms with Crippen LogP contribution in [0.15, 0.2) is 0 Å². The maximum atomic E-state index is 4.66. The molecule has 0 rings (SSSR count). The first-order valence-corrected chi connectivity index (χ1v) is 1.51. The predicted molar refractivity (Wildman–Crippen MR) is 30.9 cm³/mol. The molecule has 0 saturated heterocycles. The second-order valence-corrected chi connectivity index (χ2v) is 1.46. The Morgan fingerprint density at radius 1 is 1.67 bits per heavy atom. The van der Waals surface area contributed by atoms with Gasteiger partial charge in [0.05, 0.1) is 0 Å². The van der Waals surface area contributed by atoms with E-state index in [1.54, 1.807) is 0 Å². The molecule has 0 aliphatic carbocycles. The molecule has 0 fully saturated rings. The third-order valence-electron chi connectivity index (χ3n) is 0. The number of nitrogens with two attached hydrogens (primary N) is 1. The molecule has 0 aromatic heterocycles. The van der Waals surface area contributed by atoms with Gasteiger partial charge in [0.1, 0.15) is 0 Å². The summed E-state index contributed by atoms with van der Waals surface area (Å²) in [6.45, 7) is 0. The van der Waals surface area contributed by atoms with Crippen molar-refractivity contribution in [2.45, 2.75) is 7.43 Å². The molecule has 0 radical (unpaired) electrons. The van der Waals surface area contributed by atoms with Crippen LogP contribution in [0.1, 0.15) is 7.43 Å². The molecule has 6 heavy (non-hydrogen) atoms. The van der Waals surface area contributed by atoms with Crippen molar-refractivity contribution in [1.29, 1.82) is 0 Å². The van der Waals surface area contributed by atoms with Gasteiger partial charge in [-0.1, -0.05) is 11.7 Å². The van der Waals surface area contributed by atoms with E-state index in [1.165, 1.54) is 0 Å². The van der Waals surface area contributed by atoms with Crippen LogP contribution in [0.2, 0.25) is 0 Å². The van der Waals surface area contributed by atoms with Crippen LogP contribution in [0.3, 0.4) is 0 Å². The zero-order valence-corrected chi connectivity index (χ0v) is 6.53. The van der Waals surface area contributed by atoms with Crippen molar-refractivity contribution >= 4 is 29.2 Å². The fraction of sp³-hybridized carbons (Fsp3) is 0.500. The molecule has 4 heteroatoms. The molecule has 0 bridgehead atoms. The zero-order valence-electron chi connectivity index (χ0n) is 2.89. The zero-order chi connectivity index (χ0) is 3.58. The van der Waals surface area contributed by atoms with E-state index < -0.39 is 0 Å². The normalized spacial score (nSPS) is 4.00. The first-order chi connectivity index (χ1) is 1.73. The molecular weight excluding hydrogens is 125 g/mol. The Balaban J connectivity index is -0.0000000450. The molecule has 0 atom stereocenters. The van der Waals surface area contributed by atoms with Gasteiger partial charge in [-0.3, -0.25) is 0 Å². The summed E-state index contributed by atoms with van der Waals surface area (Å²) in [5, 5.41) is 0. The van der Waals surface area contributed by atoms with Crippen molar-refractivity contribution in [2.24, 2.45) is 5.73 Å². The van der Waals surface area contributed by atoms with Gasteiger partial charge in [0.2, 0.25) is 0 Å². The molecule has 2 N–H and O–H groups in total. The molecule has 0 heterocycles. The van der Waals surface area contributed by atoms with E-state index in [4.69, 9.17) is 0 Å². The number of thiocarbonyl (C=S) groups is 1. The van der Waals surface area contributed by atoms with Crippen molar-refractivity contribution in [2.75, 3.05) is 0 Å². The molecule has 32 valence electrons. The summed E-state index contributed by atoms with van der Waals surface area (Å²) >= 11 is 8.26. The van der Waals surface area contributed by atoms with Crippen molar-refractivity contribution in [3.05, 3.63) is 0 Å². The Hall–Kier alpha value is 1.11. The Kier molecular flexibility index (Phi) is 24.7. The third kappa shape index (κ3) is 70.1. The minimum atomic E-state index is 0. The van der Waals surface area contributed by atoms with E-state index in [-0.39, 0.29) is 41.3 Å².